The van der Waals surface area contributed by atoms with Gasteiger partial charge in [-0.15, -0.1) is 10.2 Å². The van der Waals surface area contributed by atoms with E-state index in [1.54, 1.807) is 7.11 Å². The number of rotatable bonds is 2. The molecule has 5 heteroatoms. The zero-order valence-corrected chi connectivity index (χ0v) is 12.4. The van der Waals surface area contributed by atoms with Crippen LogP contribution in [0, 0.1) is 0 Å². The first-order chi connectivity index (χ1) is 8.41. The molecule has 96 valence electrons. The number of nitrogens with zero attached hydrogens (tertiary/aromatic N) is 2. The molecule has 1 aromatic heterocycles. The van der Waals surface area contributed by atoms with Crippen molar-refractivity contribution in [2.45, 2.75) is 26.2 Å². The number of hydrogen-bond acceptors (Lipinski definition) is 4. The Labute approximate surface area is 114 Å². The molecule has 4 nitrogen and oxygen atoms in total. The summed E-state index contributed by atoms with van der Waals surface area (Å²) >= 11 is 3.47. The van der Waals surface area contributed by atoms with Crippen LogP contribution in [0.25, 0.3) is 11.5 Å². The number of hydrogen-bond donors (Lipinski definition) is 0. The summed E-state index contributed by atoms with van der Waals surface area (Å²) < 4.78 is 11.8. The minimum Gasteiger partial charge on any atom is -0.497 e. The molecule has 0 fully saturated rings. The lowest BCUT2D eigenvalue weighted by atomic mass is 9.97. The average Bonchev–Trinajstić information content (AvgIpc) is 2.78. The second kappa shape index (κ2) is 4.72. The third-order valence-corrected chi connectivity index (χ3v) is 3.16. The van der Waals surface area contributed by atoms with Crippen LogP contribution < -0.4 is 4.74 Å². The van der Waals surface area contributed by atoms with Gasteiger partial charge in [-0.05, 0) is 34.1 Å². The summed E-state index contributed by atoms with van der Waals surface area (Å²) in [5, 5.41) is 8.17. The van der Waals surface area contributed by atoms with E-state index >= 15 is 0 Å². The molecule has 0 amide bonds. The molecule has 0 bridgehead atoms. The Balaban J connectivity index is 2.45. The molecule has 1 heterocycles. The van der Waals surface area contributed by atoms with Crippen molar-refractivity contribution < 1.29 is 9.15 Å². The van der Waals surface area contributed by atoms with Crippen LogP contribution in [-0.2, 0) is 5.41 Å². The van der Waals surface area contributed by atoms with Crippen molar-refractivity contribution in [3.63, 3.8) is 0 Å². The fourth-order valence-corrected chi connectivity index (χ4v) is 1.85. The topological polar surface area (TPSA) is 48.2 Å². The first-order valence-electron chi connectivity index (χ1n) is 5.59. The normalized spacial score (nSPS) is 11.6. The summed E-state index contributed by atoms with van der Waals surface area (Å²) in [5.41, 5.74) is 0.675. The van der Waals surface area contributed by atoms with E-state index in [1.807, 2.05) is 39.0 Å². The predicted octanol–water partition coefficient (Wildman–Crippen LogP) is 3.81. The Kier molecular flexibility index (Phi) is 3.43. The molecule has 1 aromatic carbocycles. The van der Waals surface area contributed by atoms with E-state index in [0.717, 1.165) is 15.8 Å². The molecule has 18 heavy (non-hydrogen) atoms. The van der Waals surface area contributed by atoms with Gasteiger partial charge in [0.1, 0.15) is 5.75 Å². The number of benzene rings is 1. The molecule has 0 aliphatic heterocycles. The highest BCUT2D eigenvalue weighted by molar-refractivity contribution is 9.10. The lowest BCUT2D eigenvalue weighted by molar-refractivity contribution is 0.398. The molecular formula is C13H15BrN2O2. The van der Waals surface area contributed by atoms with Crippen molar-refractivity contribution in [3.05, 3.63) is 28.6 Å². The van der Waals surface area contributed by atoms with E-state index in [2.05, 4.69) is 26.1 Å². The fourth-order valence-electron chi connectivity index (χ4n) is 1.43. The molecule has 0 saturated heterocycles. The molecule has 0 aliphatic carbocycles. The van der Waals surface area contributed by atoms with Gasteiger partial charge in [0, 0.05) is 9.89 Å². The summed E-state index contributed by atoms with van der Waals surface area (Å²) in [6, 6.07) is 5.63. The highest BCUT2D eigenvalue weighted by Crippen LogP contribution is 2.32. The third-order valence-electron chi connectivity index (χ3n) is 2.47. The van der Waals surface area contributed by atoms with Crippen LogP contribution in [0.2, 0.25) is 0 Å². The maximum atomic E-state index is 5.71. The number of halogens is 1. The van der Waals surface area contributed by atoms with E-state index in [0.29, 0.717) is 11.8 Å². The number of methoxy groups -OCH3 is 1. The van der Waals surface area contributed by atoms with Crippen molar-refractivity contribution in [1.29, 1.82) is 0 Å². The average molecular weight is 311 g/mol. The van der Waals surface area contributed by atoms with E-state index in [1.165, 1.54) is 0 Å². The van der Waals surface area contributed by atoms with E-state index in [9.17, 15) is 0 Å². The van der Waals surface area contributed by atoms with Crippen LogP contribution in [0.15, 0.2) is 27.1 Å². The van der Waals surface area contributed by atoms with E-state index in [4.69, 9.17) is 9.15 Å². The van der Waals surface area contributed by atoms with Gasteiger partial charge < -0.3 is 9.15 Å². The lowest BCUT2D eigenvalue weighted by Gasteiger charge is -2.11. The molecule has 0 N–H and O–H groups in total. The smallest absolute Gasteiger partial charge is 0.249 e. The van der Waals surface area contributed by atoms with Gasteiger partial charge in [-0.25, -0.2) is 0 Å². The first-order valence-corrected chi connectivity index (χ1v) is 6.39. The Morgan fingerprint density at radius 1 is 1.22 bits per heavy atom. The zero-order chi connectivity index (χ0) is 13.3. The molecule has 0 spiro atoms. The summed E-state index contributed by atoms with van der Waals surface area (Å²) in [7, 11) is 1.63. The van der Waals surface area contributed by atoms with Crippen molar-refractivity contribution in [2.75, 3.05) is 7.11 Å². The Morgan fingerprint density at radius 2 is 1.94 bits per heavy atom. The Morgan fingerprint density at radius 3 is 2.50 bits per heavy atom. The molecule has 2 aromatic rings. The van der Waals surface area contributed by atoms with Gasteiger partial charge in [0.15, 0.2) is 0 Å². The minimum atomic E-state index is -0.156. The highest BCUT2D eigenvalue weighted by atomic mass is 79.9. The predicted molar refractivity (Wildman–Crippen MR) is 72.7 cm³/mol. The van der Waals surface area contributed by atoms with Gasteiger partial charge in [-0.1, -0.05) is 20.8 Å². The Hall–Kier alpha value is -1.36. The monoisotopic (exact) mass is 310 g/mol. The molecule has 0 unspecified atom stereocenters. The summed E-state index contributed by atoms with van der Waals surface area (Å²) in [4.78, 5) is 0. The number of ether oxygens (including phenoxy) is 1. The molecule has 0 radical (unpaired) electrons. The largest absolute Gasteiger partial charge is 0.497 e. The maximum Gasteiger partial charge on any atom is 0.249 e. The lowest BCUT2D eigenvalue weighted by Crippen LogP contribution is -2.11. The van der Waals surface area contributed by atoms with Crippen LogP contribution >= 0.6 is 15.9 Å². The second-order valence-electron chi connectivity index (χ2n) is 5.01. The summed E-state index contributed by atoms with van der Waals surface area (Å²) in [6.07, 6.45) is 0. The third kappa shape index (κ3) is 2.56. The van der Waals surface area contributed by atoms with Crippen LogP contribution in [0.1, 0.15) is 26.7 Å². The van der Waals surface area contributed by atoms with Crippen LogP contribution in [0.4, 0.5) is 0 Å². The SMILES string of the molecule is COc1ccc(Br)c(-c2nnc(C(C)(C)C)o2)c1. The Bertz CT molecular complexity index is 558. The van der Waals surface area contributed by atoms with Gasteiger partial charge in [0.2, 0.25) is 11.8 Å². The number of aromatic nitrogens is 2. The quantitative estimate of drug-likeness (QED) is 0.846. The first kappa shape index (κ1) is 13.1. The molecule has 0 aliphatic rings. The second-order valence-corrected chi connectivity index (χ2v) is 5.86. The van der Waals surface area contributed by atoms with Crippen molar-refractivity contribution >= 4 is 15.9 Å². The van der Waals surface area contributed by atoms with Gasteiger partial charge >= 0.3 is 0 Å². The maximum absolute atomic E-state index is 5.71. The fraction of sp³-hybridized carbons (Fsp3) is 0.385. The van der Waals surface area contributed by atoms with Crippen LogP contribution in [0.5, 0.6) is 5.75 Å². The van der Waals surface area contributed by atoms with Gasteiger partial charge in [-0.2, -0.15) is 0 Å². The zero-order valence-electron chi connectivity index (χ0n) is 10.8. The van der Waals surface area contributed by atoms with E-state index < -0.39 is 0 Å². The van der Waals surface area contributed by atoms with Crippen LogP contribution in [0.3, 0.4) is 0 Å². The van der Waals surface area contributed by atoms with Gasteiger partial charge in [-0.3, -0.25) is 0 Å². The molecule has 0 saturated carbocycles. The summed E-state index contributed by atoms with van der Waals surface area (Å²) in [6.45, 7) is 6.10. The van der Waals surface area contributed by atoms with Crippen molar-refractivity contribution in [2.24, 2.45) is 0 Å². The van der Waals surface area contributed by atoms with Gasteiger partial charge in [0.05, 0.1) is 12.7 Å². The standard InChI is InChI=1S/C13H15BrN2O2/c1-13(2,3)12-16-15-11(18-12)9-7-8(17-4)5-6-10(9)14/h5-7H,1-4H3. The van der Waals surface area contributed by atoms with Crippen molar-refractivity contribution in [1.82, 2.24) is 10.2 Å². The minimum absolute atomic E-state index is 0.156. The van der Waals surface area contributed by atoms with Crippen LogP contribution in [-0.4, -0.2) is 17.3 Å². The highest BCUT2D eigenvalue weighted by Gasteiger charge is 2.22. The van der Waals surface area contributed by atoms with Gasteiger partial charge in [0.25, 0.3) is 0 Å². The molecule has 0 atom stereocenters. The van der Waals surface area contributed by atoms with E-state index in [-0.39, 0.29) is 5.41 Å². The van der Waals surface area contributed by atoms with Crippen molar-refractivity contribution in [3.8, 4) is 17.2 Å². The molecule has 2 rings (SSSR count). The molecular weight excluding hydrogens is 296 g/mol. The summed E-state index contributed by atoms with van der Waals surface area (Å²) in [5.74, 6) is 1.86.